The van der Waals surface area contributed by atoms with E-state index in [0.717, 1.165) is 0 Å². The Kier molecular flexibility index (Phi) is 5.35. The van der Waals surface area contributed by atoms with E-state index in [-0.39, 0.29) is 6.61 Å². The Morgan fingerprint density at radius 2 is 2.05 bits per heavy atom. The number of nitrogen functional groups attached to an aromatic ring is 1. The predicted molar refractivity (Wildman–Crippen MR) is 74.8 cm³/mol. The van der Waals surface area contributed by atoms with Crippen molar-refractivity contribution >= 4 is 33.6 Å². The van der Waals surface area contributed by atoms with E-state index in [1.54, 1.807) is 26.0 Å². The minimum atomic E-state index is -0.952. The minimum Gasteiger partial charge on any atom is -0.463 e. The highest BCUT2D eigenvalue weighted by atomic mass is 79.9. The normalized spacial score (nSPS) is 11.8. The number of benzene rings is 1. The average molecular weight is 330 g/mol. The molecule has 0 bridgehead atoms. The van der Waals surface area contributed by atoms with Crippen LogP contribution in [0.15, 0.2) is 16.6 Å². The standard InChI is InChI=1S/C13H16BrNO4/c1-4-18-12(16)8(3)19-13(17)10-5-9(14)6-11(15)7(10)2/h5-6,8H,4,15H2,1-3H3. The van der Waals surface area contributed by atoms with Crippen molar-refractivity contribution in [2.24, 2.45) is 0 Å². The van der Waals surface area contributed by atoms with Crippen LogP contribution < -0.4 is 5.73 Å². The van der Waals surface area contributed by atoms with Crippen molar-refractivity contribution in [1.29, 1.82) is 0 Å². The lowest BCUT2D eigenvalue weighted by atomic mass is 10.1. The van der Waals surface area contributed by atoms with Crippen LogP contribution in [0.2, 0.25) is 0 Å². The minimum absolute atomic E-state index is 0.240. The van der Waals surface area contributed by atoms with E-state index in [4.69, 9.17) is 15.2 Å². The van der Waals surface area contributed by atoms with E-state index in [2.05, 4.69) is 15.9 Å². The summed E-state index contributed by atoms with van der Waals surface area (Å²) in [7, 11) is 0. The van der Waals surface area contributed by atoms with E-state index in [9.17, 15) is 9.59 Å². The molecule has 0 radical (unpaired) electrons. The largest absolute Gasteiger partial charge is 0.463 e. The maximum Gasteiger partial charge on any atom is 0.347 e. The summed E-state index contributed by atoms with van der Waals surface area (Å²) in [6, 6.07) is 3.30. The van der Waals surface area contributed by atoms with Crippen LogP contribution in [0.1, 0.15) is 29.8 Å². The zero-order chi connectivity index (χ0) is 14.6. The van der Waals surface area contributed by atoms with Crippen LogP contribution in [0, 0.1) is 6.92 Å². The van der Waals surface area contributed by atoms with Gasteiger partial charge in [-0.1, -0.05) is 15.9 Å². The lowest BCUT2D eigenvalue weighted by molar-refractivity contribution is -0.152. The van der Waals surface area contributed by atoms with Gasteiger partial charge in [-0.3, -0.25) is 0 Å². The van der Waals surface area contributed by atoms with Gasteiger partial charge >= 0.3 is 11.9 Å². The van der Waals surface area contributed by atoms with Crippen molar-refractivity contribution in [2.45, 2.75) is 26.9 Å². The van der Waals surface area contributed by atoms with E-state index in [1.807, 2.05) is 0 Å². The molecule has 104 valence electrons. The van der Waals surface area contributed by atoms with Gasteiger partial charge in [0.15, 0.2) is 6.10 Å². The molecule has 1 atom stereocenters. The predicted octanol–water partition coefficient (Wildman–Crippen LogP) is 2.45. The summed E-state index contributed by atoms with van der Waals surface area (Å²) in [6.07, 6.45) is -0.952. The molecule has 1 unspecified atom stereocenters. The number of halogens is 1. The fraction of sp³-hybridized carbons (Fsp3) is 0.385. The van der Waals surface area contributed by atoms with Crippen LogP contribution >= 0.6 is 15.9 Å². The number of anilines is 1. The molecule has 0 aliphatic heterocycles. The summed E-state index contributed by atoms with van der Waals surface area (Å²) >= 11 is 3.26. The molecule has 0 saturated heterocycles. The molecule has 0 heterocycles. The monoisotopic (exact) mass is 329 g/mol. The zero-order valence-electron chi connectivity index (χ0n) is 11.0. The Labute approximate surface area is 120 Å². The van der Waals surface area contributed by atoms with Crippen molar-refractivity contribution in [3.8, 4) is 0 Å². The molecule has 1 aromatic carbocycles. The van der Waals surface area contributed by atoms with Gasteiger partial charge in [-0.15, -0.1) is 0 Å². The molecular formula is C13H16BrNO4. The van der Waals surface area contributed by atoms with Gasteiger partial charge in [0.2, 0.25) is 0 Å². The molecule has 0 spiro atoms. The number of ether oxygens (including phenoxy) is 2. The molecule has 0 saturated carbocycles. The van der Waals surface area contributed by atoms with Gasteiger partial charge in [0.05, 0.1) is 12.2 Å². The second-order valence-electron chi connectivity index (χ2n) is 3.97. The Morgan fingerprint density at radius 3 is 2.63 bits per heavy atom. The molecule has 0 fully saturated rings. The van der Waals surface area contributed by atoms with Gasteiger partial charge < -0.3 is 15.2 Å². The summed E-state index contributed by atoms with van der Waals surface area (Å²) in [6.45, 7) is 5.11. The van der Waals surface area contributed by atoms with E-state index < -0.39 is 18.0 Å². The Hall–Kier alpha value is -1.56. The lowest BCUT2D eigenvalue weighted by Gasteiger charge is -2.14. The van der Waals surface area contributed by atoms with Crippen molar-refractivity contribution in [2.75, 3.05) is 12.3 Å². The van der Waals surface area contributed by atoms with Crippen LogP contribution in [0.4, 0.5) is 5.69 Å². The van der Waals surface area contributed by atoms with Crippen molar-refractivity contribution in [3.05, 3.63) is 27.7 Å². The van der Waals surface area contributed by atoms with Crippen molar-refractivity contribution in [3.63, 3.8) is 0 Å². The van der Waals surface area contributed by atoms with Gasteiger partial charge in [0, 0.05) is 10.2 Å². The molecular weight excluding hydrogens is 314 g/mol. The van der Waals surface area contributed by atoms with E-state index in [0.29, 0.717) is 21.3 Å². The Balaban J connectivity index is 2.87. The van der Waals surface area contributed by atoms with Gasteiger partial charge in [0.25, 0.3) is 0 Å². The Bertz CT molecular complexity index is 502. The van der Waals surface area contributed by atoms with Gasteiger partial charge in [-0.25, -0.2) is 9.59 Å². The number of hydrogen-bond donors (Lipinski definition) is 1. The summed E-state index contributed by atoms with van der Waals surface area (Å²) < 4.78 is 10.5. The molecule has 0 amide bonds. The maximum absolute atomic E-state index is 12.0. The quantitative estimate of drug-likeness (QED) is 0.678. The topological polar surface area (TPSA) is 78.6 Å². The molecule has 0 aromatic heterocycles. The first-order chi connectivity index (χ1) is 8.86. The third-order valence-corrected chi connectivity index (χ3v) is 2.99. The molecule has 5 nitrogen and oxygen atoms in total. The van der Waals surface area contributed by atoms with Crippen LogP contribution in [0.25, 0.3) is 0 Å². The van der Waals surface area contributed by atoms with Crippen molar-refractivity contribution < 1.29 is 19.1 Å². The van der Waals surface area contributed by atoms with Crippen LogP contribution in [0.5, 0.6) is 0 Å². The second kappa shape index (κ2) is 6.56. The highest BCUT2D eigenvalue weighted by Crippen LogP contribution is 2.23. The lowest BCUT2D eigenvalue weighted by Crippen LogP contribution is -2.26. The third-order valence-electron chi connectivity index (χ3n) is 2.53. The number of rotatable bonds is 4. The number of carbonyl (C=O) groups excluding carboxylic acids is 2. The first kappa shape index (κ1) is 15.5. The molecule has 1 rings (SSSR count). The fourth-order valence-electron chi connectivity index (χ4n) is 1.44. The fourth-order valence-corrected chi connectivity index (χ4v) is 1.92. The van der Waals surface area contributed by atoms with Crippen LogP contribution in [-0.4, -0.2) is 24.6 Å². The molecule has 0 aliphatic carbocycles. The first-order valence-corrected chi connectivity index (χ1v) is 6.59. The molecule has 1 aromatic rings. The number of nitrogens with two attached hydrogens (primary N) is 1. The average Bonchev–Trinajstić information content (AvgIpc) is 2.33. The number of carbonyl (C=O) groups is 2. The molecule has 19 heavy (non-hydrogen) atoms. The first-order valence-electron chi connectivity index (χ1n) is 5.80. The zero-order valence-corrected chi connectivity index (χ0v) is 12.6. The summed E-state index contributed by atoms with van der Waals surface area (Å²) in [5, 5.41) is 0. The van der Waals surface area contributed by atoms with Gasteiger partial charge in [-0.05, 0) is 38.5 Å². The SMILES string of the molecule is CCOC(=O)C(C)OC(=O)c1cc(Br)cc(N)c1C. The summed E-state index contributed by atoms with van der Waals surface area (Å²) in [4.78, 5) is 23.4. The second-order valence-corrected chi connectivity index (χ2v) is 4.88. The van der Waals surface area contributed by atoms with Gasteiger partial charge in [0.1, 0.15) is 0 Å². The van der Waals surface area contributed by atoms with Gasteiger partial charge in [-0.2, -0.15) is 0 Å². The highest BCUT2D eigenvalue weighted by Gasteiger charge is 2.21. The smallest absolute Gasteiger partial charge is 0.347 e. The highest BCUT2D eigenvalue weighted by molar-refractivity contribution is 9.10. The van der Waals surface area contributed by atoms with Crippen LogP contribution in [0.3, 0.4) is 0 Å². The summed E-state index contributed by atoms with van der Waals surface area (Å²) in [5.74, 6) is -1.18. The Morgan fingerprint density at radius 1 is 1.42 bits per heavy atom. The maximum atomic E-state index is 12.0. The van der Waals surface area contributed by atoms with Crippen LogP contribution in [-0.2, 0) is 14.3 Å². The molecule has 6 heteroatoms. The third kappa shape index (κ3) is 3.96. The summed E-state index contributed by atoms with van der Waals surface area (Å²) in [5.41, 5.74) is 7.18. The van der Waals surface area contributed by atoms with Crippen molar-refractivity contribution in [1.82, 2.24) is 0 Å². The number of hydrogen-bond acceptors (Lipinski definition) is 5. The molecule has 2 N–H and O–H groups in total. The van der Waals surface area contributed by atoms with E-state index >= 15 is 0 Å². The number of esters is 2. The molecule has 0 aliphatic rings. The van der Waals surface area contributed by atoms with E-state index in [1.165, 1.54) is 6.92 Å².